The maximum Gasteiger partial charge on any atom is 0.197 e. The van der Waals surface area contributed by atoms with Crippen LogP contribution in [-0.2, 0) is 4.79 Å². The van der Waals surface area contributed by atoms with Crippen molar-refractivity contribution in [1.82, 2.24) is 0 Å². The third-order valence-corrected chi connectivity index (χ3v) is 3.48. The van der Waals surface area contributed by atoms with Crippen molar-refractivity contribution in [2.45, 2.75) is 71.1 Å². The fraction of sp³-hybridized carbons (Fsp3) is 0.647. The molecule has 3 heteroatoms. The summed E-state index contributed by atoms with van der Waals surface area (Å²) in [6, 6.07) is 5.86. The lowest BCUT2D eigenvalue weighted by molar-refractivity contribution is -0.377. The highest BCUT2D eigenvalue weighted by atomic mass is 79.9. The van der Waals surface area contributed by atoms with Crippen molar-refractivity contribution in [1.29, 1.82) is 0 Å². The molecule has 0 bridgehead atoms. The van der Waals surface area contributed by atoms with Gasteiger partial charge in [0.05, 0.1) is 0 Å². The number of H-pyrrole nitrogens is 1. The summed E-state index contributed by atoms with van der Waals surface area (Å²) in [5, 5.41) is 0. The van der Waals surface area contributed by atoms with Gasteiger partial charge in [0.2, 0.25) is 0 Å². The second-order valence-corrected chi connectivity index (χ2v) is 5.90. The number of carbonyl (C=O) groups excluding carboxylic acids is 1. The van der Waals surface area contributed by atoms with Crippen LogP contribution in [0.25, 0.3) is 0 Å². The molecule has 0 atom stereocenters. The van der Waals surface area contributed by atoms with E-state index in [1.165, 1.54) is 51.4 Å². The molecule has 1 aromatic rings. The van der Waals surface area contributed by atoms with Gasteiger partial charge in [-0.05, 0) is 22.4 Å². The van der Waals surface area contributed by atoms with Gasteiger partial charge in [-0.15, -0.1) is 0 Å². The van der Waals surface area contributed by atoms with E-state index >= 15 is 0 Å². The second-order valence-electron chi connectivity index (χ2n) is 5.01. The van der Waals surface area contributed by atoms with E-state index in [9.17, 15) is 4.79 Å². The third-order valence-electron chi connectivity index (χ3n) is 3.08. The zero-order valence-electron chi connectivity index (χ0n) is 12.7. The van der Waals surface area contributed by atoms with Crippen LogP contribution in [0, 0.1) is 0 Å². The lowest BCUT2D eigenvalue weighted by atomic mass is 10.1. The van der Waals surface area contributed by atoms with Crippen LogP contribution in [0.15, 0.2) is 30.6 Å². The quantitative estimate of drug-likeness (QED) is 0.417. The average molecular weight is 343 g/mol. The molecule has 0 fully saturated rings. The fourth-order valence-electron chi connectivity index (χ4n) is 1.92. The maximum atomic E-state index is 10.6. The highest BCUT2D eigenvalue weighted by Gasteiger charge is 1.95. The first kappa shape index (κ1) is 19.3. The van der Waals surface area contributed by atoms with E-state index in [2.05, 4.69) is 27.8 Å². The van der Waals surface area contributed by atoms with Crippen molar-refractivity contribution in [3.8, 4) is 0 Å². The van der Waals surface area contributed by atoms with E-state index in [4.69, 9.17) is 0 Å². The monoisotopic (exact) mass is 342 g/mol. The van der Waals surface area contributed by atoms with Crippen LogP contribution >= 0.6 is 15.9 Å². The number of nitrogens with one attached hydrogen (secondary N) is 1. The predicted molar refractivity (Wildman–Crippen MR) is 88.8 cm³/mol. The van der Waals surface area contributed by atoms with Gasteiger partial charge in [-0.25, -0.2) is 4.98 Å². The third kappa shape index (κ3) is 17.3. The van der Waals surface area contributed by atoms with E-state index < -0.39 is 0 Å². The molecular formula is C17H29BrNO+. The molecule has 20 heavy (non-hydrogen) atoms. The number of pyridine rings is 1. The number of unbranched alkanes of at least 4 members (excludes halogenated alkanes) is 8. The predicted octanol–water partition coefficient (Wildman–Crippen LogP) is 5.33. The Morgan fingerprint density at radius 1 is 0.850 bits per heavy atom. The molecule has 0 saturated carbocycles. The largest absolute Gasteiger partial charge is 0.287 e. The smallest absolute Gasteiger partial charge is 0.197 e. The van der Waals surface area contributed by atoms with Gasteiger partial charge >= 0.3 is 0 Å². The lowest BCUT2D eigenvalue weighted by Crippen LogP contribution is -1.93. The molecule has 0 saturated heterocycles. The van der Waals surface area contributed by atoms with Gasteiger partial charge in [0.1, 0.15) is 0 Å². The van der Waals surface area contributed by atoms with Crippen molar-refractivity contribution < 1.29 is 9.78 Å². The molecule has 0 spiro atoms. The number of carbonyl (C=O) groups is 1. The maximum absolute atomic E-state index is 10.6. The first-order valence-electron chi connectivity index (χ1n) is 7.86. The Morgan fingerprint density at radius 3 is 1.70 bits per heavy atom. The zero-order chi connectivity index (χ0) is 14.9. The van der Waals surface area contributed by atoms with Crippen molar-refractivity contribution >= 4 is 20.6 Å². The molecule has 0 aromatic carbocycles. The summed E-state index contributed by atoms with van der Waals surface area (Å²) in [6.45, 7) is 2.25. The van der Waals surface area contributed by atoms with Crippen LogP contribution in [0.3, 0.4) is 0 Å². The second kappa shape index (κ2) is 16.4. The molecule has 0 unspecified atom stereocenters. The SMILES string of the molecule is CCCCCCCCCCCC(=O)Br.c1cc[nH+]cc1. The zero-order valence-corrected chi connectivity index (χ0v) is 14.3. The molecule has 0 aliphatic rings. The Labute approximate surface area is 132 Å². The Morgan fingerprint density at radius 2 is 1.35 bits per heavy atom. The van der Waals surface area contributed by atoms with Crippen LogP contribution in [-0.4, -0.2) is 4.69 Å². The highest BCUT2D eigenvalue weighted by Crippen LogP contribution is 2.11. The number of aromatic amines is 1. The van der Waals surface area contributed by atoms with Crippen LogP contribution in [0.2, 0.25) is 0 Å². The molecular weight excluding hydrogens is 314 g/mol. The number of hydrogen-bond acceptors (Lipinski definition) is 1. The molecule has 2 nitrogen and oxygen atoms in total. The number of hydrogen-bond donors (Lipinski definition) is 0. The standard InChI is InChI=1S/C12H23BrO.C5H5N/c1-2-3-4-5-6-7-8-9-10-11-12(13)14;1-2-4-6-5-3-1/h2-11H2,1H3;1-5H/p+1. The normalized spacial score (nSPS) is 9.70. The van der Waals surface area contributed by atoms with Crippen LogP contribution in [0.5, 0.6) is 0 Å². The van der Waals surface area contributed by atoms with Crippen molar-refractivity contribution in [3.63, 3.8) is 0 Å². The van der Waals surface area contributed by atoms with Gasteiger partial charge in [0.15, 0.2) is 17.1 Å². The molecule has 1 N–H and O–H groups in total. The first-order valence-corrected chi connectivity index (χ1v) is 8.66. The van der Waals surface area contributed by atoms with E-state index in [0.717, 1.165) is 6.42 Å². The minimum atomic E-state index is 0.153. The Hall–Kier alpha value is -0.700. The summed E-state index contributed by atoms with van der Waals surface area (Å²) in [6.07, 6.45) is 16.3. The Kier molecular flexibility index (Phi) is 15.8. The molecule has 1 heterocycles. The molecule has 0 aliphatic heterocycles. The first-order chi connectivity index (χ1) is 9.77. The molecule has 1 aromatic heterocycles. The summed E-state index contributed by atoms with van der Waals surface area (Å²) in [5.74, 6) is 0. The average Bonchev–Trinajstić information content (AvgIpc) is 2.48. The Bertz CT molecular complexity index is 276. The topological polar surface area (TPSA) is 31.2 Å². The summed E-state index contributed by atoms with van der Waals surface area (Å²) >= 11 is 2.95. The minimum absolute atomic E-state index is 0.153. The molecule has 1 rings (SSSR count). The van der Waals surface area contributed by atoms with Crippen LogP contribution < -0.4 is 4.98 Å². The van der Waals surface area contributed by atoms with E-state index in [1.807, 2.05) is 30.6 Å². The van der Waals surface area contributed by atoms with Gasteiger partial charge in [-0.2, -0.15) is 0 Å². The number of aromatic nitrogens is 1. The highest BCUT2D eigenvalue weighted by molar-refractivity contribution is 9.18. The molecule has 0 amide bonds. The van der Waals surface area contributed by atoms with Gasteiger partial charge in [-0.1, -0.05) is 64.4 Å². The van der Waals surface area contributed by atoms with Crippen LogP contribution in [0.4, 0.5) is 0 Å². The van der Waals surface area contributed by atoms with E-state index in [0.29, 0.717) is 6.42 Å². The Balaban J connectivity index is 0.000000493. The lowest BCUT2D eigenvalue weighted by Gasteiger charge is -2.00. The van der Waals surface area contributed by atoms with Crippen molar-refractivity contribution in [2.24, 2.45) is 0 Å². The summed E-state index contributed by atoms with van der Waals surface area (Å²) in [5.41, 5.74) is 0. The number of rotatable bonds is 10. The minimum Gasteiger partial charge on any atom is -0.287 e. The van der Waals surface area contributed by atoms with Gasteiger partial charge in [0, 0.05) is 18.6 Å². The van der Waals surface area contributed by atoms with Gasteiger partial charge < -0.3 is 0 Å². The van der Waals surface area contributed by atoms with Crippen molar-refractivity contribution in [3.05, 3.63) is 30.6 Å². The molecule has 114 valence electrons. The summed E-state index contributed by atoms with van der Waals surface area (Å²) < 4.78 is 0.153. The van der Waals surface area contributed by atoms with Crippen molar-refractivity contribution in [2.75, 3.05) is 0 Å². The summed E-state index contributed by atoms with van der Waals surface area (Å²) in [4.78, 5) is 13.5. The summed E-state index contributed by atoms with van der Waals surface area (Å²) in [7, 11) is 0. The van der Waals surface area contributed by atoms with Gasteiger partial charge in [0.25, 0.3) is 0 Å². The molecule has 0 radical (unpaired) electrons. The van der Waals surface area contributed by atoms with E-state index in [-0.39, 0.29) is 4.69 Å². The van der Waals surface area contributed by atoms with E-state index in [1.54, 1.807) is 0 Å². The molecule has 0 aliphatic carbocycles. The van der Waals surface area contributed by atoms with Crippen LogP contribution in [0.1, 0.15) is 71.1 Å². The van der Waals surface area contributed by atoms with Gasteiger partial charge in [-0.3, -0.25) is 4.79 Å². The fourth-order valence-corrected chi connectivity index (χ4v) is 2.20. The number of halogens is 1.